The third-order valence-electron chi connectivity index (χ3n) is 2.28. The summed E-state index contributed by atoms with van der Waals surface area (Å²) in [7, 11) is -3.45. The quantitative estimate of drug-likeness (QED) is 0.751. The van der Waals surface area contributed by atoms with E-state index in [4.69, 9.17) is 9.79 Å². The van der Waals surface area contributed by atoms with Gasteiger partial charge in [-0.2, -0.15) is 5.26 Å². The number of ketones is 1. The first-order valence-electron chi connectivity index (χ1n) is 5.26. The Bertz CT molecular complexity index is 478. The van der Waals surface area contributed by atoms with Crippen molar-refractivity contribution in [3.8, 4) is 6.07 Å². The molecule has 2 atom stereocenters. The van der Waals surface area contributed by atoms with Crippen LogP contribution in [0.25, 0.3) is 0 Å². The Morgan fingerprint density at radius 3 is 2.47 bits per heavy atom. The Morgan fingerprint density at radius 1 is 1.47 bits per heavy atom. The zero-order chi connectivity index (χ0) is 12.9. The average Bonchev–Trinajstić information content (AvgIpc) is 2.31. The SMILES string of the molecule is CCO[P@@](=O)(c1ccccc1)[C@H](C#N)C(C)=O. The number of nitrogens with zero attached hydrogens (tertiary/aromatic N) is 1. The lowest BCUT2D eigenvalue weighted by Gasteiger charge is -2.20. The van der Waals surface area contributed by atoms with Gasteiger partial charge in [0.25, 0.3) is 7.37 Å². The van der Waals surface area contributed by atoms with E-state index in [-0.39, 0.29) is 6.61 Å². The summed E-state index contributed by atoms with van der Waals surface area (Å²) in [6, 6.07) is 10.2. The highest BCUT2D eigenvalue weighted by Gasteiger charge is 2.39. The van der Waals surface area contributed by atoms with Crippen molar-refractivity contribution >= 4 is 18.5 Å². The van der Waals surface area contributed by atoms with Crippen LogP contribution < -0.4 is 5.30 Å². The Hall–Kier alpha value is -1.43. The van der Waals surface area contributed by atoms with E-state index in [1.54, 1.807) is 43.3 Å². The van der Waals surface area contributed by atoms with Crippen molar-refractivity contribution in [1.82, 2.24) is 0 Å². The van der Waals surface area contributed by atoms with Crippen LogP contribution in [0.3, 0.4) is 0 Å². The summed E-state index contributed by atoms with van der Waals surface area (Å²) in [5, 5.41) is 9.40. The summed E-state index contributed by atoms with van der Waals surface area (Å²) < 4.78 is 18.0. The number of rotatable bonds is 5. The molecule has 0 saturated heterocycles. The second-order valence-corrected chi connectivity index (χ2v) is 5.98. The molecular formula is C12H14NO3P. The molecule has 0 aliphatic carbocycles. The van der Waals surface area contributed by atoms with Crippen molar-refractivity contribution in [2.45, 2.75) is 19.5 Å². The minimum atomic E-state index is -3.45. The van der Waals surface area contributed by atoms with Crippen molar-refractivity contribution in [2.24, 2.45) is 0 Å². The van der Waals surface area contributed by atoms with Crippen LogP contribution in [-0.2, 0) is 13.9 Å². The van der Waals surface area contributed by atoms with E-state index in [0.29, 0.717) is 5.30 Å². The fourth-order valence-corrected chi connectivity index (χ4v) is 3.73. The fourth-order valence-electron chi connectivity index (χ4n) is 1.53. The summed E-state index contributed by atoms with van der Waals surface area (Å²) in [6.07, 6.45) is 0. The van der Waals surface area contributed by atoms with Gasteiger partial charge in [-0.15, -0.1) is 0 Å². The van der Waals surface area contributed by atoms with Gasteiger partial charge < -0.3 is 4.52 Å². The van der Waals surface area contributed by atoms with Gasteiger partial charge in [-0.1, -0.05) is 18.2 Å². The summed E-state index contributed by atoms with van der Waals surface area (Å²) in [4.78, 5) is 11.4. The molecule has 0 radical (unpaired) electrons. The van der Waals surface area contributed by atoms with Crippen molar-refractivity contribution in [2.75, 3.05) is 6.61 Å². The number of hydrogen-bond acceptors (Lipinski definition) is 4. The smallest absolute Gasteiger partial charge is 0.256 e. The molecule has 0 bridgehead atoms. The normalized spacial score (nSPS) is 15.6. The topological polar surface area (TPSA) is 67.2 Å². The molecular weight excluding hydrogens is 237 g/mol. The molecule has 0 spiro atoms. The molecule has 0 heterocycles. The van der Waals surface area contributed by atoms with Gasteiger partial charge in [0, 0.05) is 5.30 Å². The van der Waals surface area contributed by atoms with Crippen molar-refractivity contribution in [1.29, 1.82) is 5.26 Å². The monoisotopic (exact) mass is 251 g/mol. The summed E-state index contributed by atoms with van der Waals surface area (Å²) in [6.45, 7) is 3.13. The predicted octanol–water partition coefficient (Wildman–Crippen LogP) is 2.11. The summed E-state index contributed by atoms with van der Waals surface area (Å²) in [5.74, 6) is -0.437. The van der Waals surface area contributed by atoms with Gasteiger partial charge in [-0.25, -0.2) is 0 Å². The first kappa shape index (κ1) is 13.6. The molecule has 0 fully saturated rings. The highest BCUT2D eigenvalue weighted by molar-refractivity contribution is 7.68. The molecule has 1 aromatic rings. The van der Waals surface area contributed by atoms with E-state index in [9.17, 15) is 9.36 Å². The molecule has 0 aromatic heterocycles. The molecule has 0 aliphatic heterocycles. The number of hydrogen-bond donors (Lipinski definition) is 0. The lowest BCUT2D eigenvalue weighted by atomic mass is 10.3. The van der Waals surface area contributed by atoms with Gasteiger partial charge in [-0.3, -0.25) is 9.36 Å². The lowest BCUT2D eigenvalue weighted by Crippen LogP contribution is -2.24. The second-order valence-electron chi connectivity index (χ2n) is 3.49. The molecule has 0 aliphatic rings. The highest BCUT2D eigenvalue weighted by atomic mass is 31.2. The highest BCUT2D eigenvalue weighted by Crippen LogP contribution is 2.50. The van der Waals surface area contributed by atoms with Crippen LogP contribution >= 0.6 is 7.37 Å². The van der Waals surface area contributed by atoms with E-state index in [1.165, 1.54) is 6.92 Å². The maximum Gasteiger partial charge on any atom is 0.256 e. The lowest BCUT2D eigenvalue weighted by molar-refractivity contribution is -0.115. The number of carbonyl (C=O) groups excluding carboxylic acids is 1. The molecule has 5 heteroatoms. The molecule has 0 N–H and O–H groups in total. The second kappa shape index (κ2) is 5.77. The zero-order valence-corrected chi connectivity index (χ0v) is 10.7. The number of carbonyl (C=O) groups is 1. The van der Waals surface area contributed by atoms with Gasteiger partial charge in [0.1, 0.15) is 0 Å². The van der Waals surface area contributed by atoms with Gasteiger partial charge in [0.2, 0.25) is 0 Å². The molecule has 0 saturated carbocycles. The Morgan fingerprint density at radius 2 is 2.06 bits per heavy atom. The minimum Gasteiger partial charge on any atom is -0.324 e. The molecule has 4 nitrogen and oxygen atoms in total. The summed E-state index contributed by atoms with van der Waals surface area (Å²) >= 11 is 0. The number of Topliss-reactive ketones (excluding diaryl/α,β-unsaturated/α-hetero) is 1. The van der Waals surface area contributed by atoms with E-state index in [1.807, 2.05) is 0 Å². The molecule has 90 valence electrons. The van der Waals surface area contributed by atoms with Crippen LogP contribution in [0, 0.1) is 11.3 Å². The first-order chi connectivity index (χ1) is 8.06. The Balaban J connectivity index is 3.28. The Kier molecular flexibility index (Phi) is 4.62. The number of benzene rings is 1. The van der Waals surface area contributed by atoms with Crippen LogP contribution in [-0.4, -0.2) is 18.0 Å². The third-order valence-corrected chi connectivity index (χ3v) is 5.10. The largest absolute Gasteiger partial charge is 0.324 e. The van der Waals surface area contributed by atoms with Gasteiger partial charge in [-0.05, 0) is 26.0 Å². The molecule has 17 heavy (non-hydrogen) atoms. The molecule has 1 rings (SSSR count). The standard InChI is InChI=1S/C12H14NO3P/c1-3-16-17(15,12(9-13)10(2)14)11-7-5-4-6-8-11/h4-8,12H,3H2,1-2H3/t12-,17+/m1/s1. The van der Waals surface area contributed by atoms with Crippen LogP contribution in [0.1, 0.15) is 13.8 Å². The third kappa shape index (κ3) is 2.82. The fraction of sp³-hybridized carbons (Fsp3) is 0.333. The Labute approximate surface area is 101 Å². The molecule has 0 amide bonds. The van der Waals surface area contributed by atoms with Crippen LogP contribution in [0.15, 0.2) is 30.3 Å². The maximum atomic E-state index is 12.7. The van der Waals surface area contributed by atoms with Crippen LogP contribution in [0.4, 0.5) is 0 Å². The van der Waals surface area contributed by atoms with E-state index in [0.717, 1.165) is 0 Å². The minimum absolute atomic E-state index is 0.192. The van der Waals surface area contributed by atoms with E-state index in [2.05, 4.69) is 0 Å². The van der Waals surface area contributed by atoms with E-state index >= 15 is 0 Å². The van der Waals surface area contributed by atoms with E-state index < -0.39 is 18.8 Å². The zero-order valence-electron chi connectivity index (χ0n) is 9.79. The van der Waals surface area contributed by atoms with Gasteiger partial charge >= 0.3 is 0 Å². The summed E-state index contributed by atoms with van der Waals surface area (Å²) in [5.41, 5.74) is -1.23. The van der Waals surface area contributed by atoms with Crippen molar-refractivity contribution < 1.29 is 13.9 Å². The molecule has 0 unspecified atom stereocenters. The van der Waals surface area contributed by atoms with Crippen molar-refractivity contribution in [3.05, 3.63) is 30.3 Å². The molecule has 1 aromatic carbocycles. The van der Waals surface area contributed by atoms with Crippen LogP contribution in [0.5, 0.6) is 0 Å². The van der Waals surface area contributed by atoms with Gasteiger partial charge in [0.15, 0.2) is 11.4 Å². The van der Waals surface area contributed by atoms with Crippen LogP contribution in [0.2, 0.25) is 0 Å². The van der Waals surface area contributed by atoms with Gasteiger partial charge in [0.05, 0.1) is 12.7 Å². The number of nitriles is 1. The van der Waals surface area contributed by atoms with Crippen molar-refractivity contribution in [3.63, 3.8) is 0 Å². The predicted molar refractivity (Wildman–Crippen MR) is 65.4 cm³/mol. The first-order valence-corrected chi connectivity index (χ1v) is 6.95. The average molecular weight is 251 g/mol. The maximum absolute atomic E-state index is 12.7.